The maximum atomic E-state index is 12.1. The zero-order valence-corrected chi connectivity index (χ0v) is 15.7. The number of hydrogen-bond acceptors (Lipinski definition) is 3. The second kappa shape index (κ2) is 8.58. The Bertz CT molecular complexity index is 788. The molecule has 0 aliphatic rings. The van der Waals surface area contributed by atoms with Gasteiger partial charge in [-0.25, -0.2) is 0 Å². The Morgan fingerprint density at radius 3 is 2.44 bits per heavy atom. The van der Waals surface area contributed by atoms with Crippen molar-refractivity contribution in [3.63, 3.8) is 0 Å². The van der Waals surface area contributed by atoms with Crippen molar-refractivity contribution >= 4 is 39.6 Å². The van der Waals surface area contributed by atoms with E-state index in [0.717, 1.165) is 21.2 Å². The SMILES string of the molecule is Cc1ccc(C(C)NC(=O)CC(=O)Nc2ccc(C=N)cc2)cc1Br. The van der Waals surface area contributed by atoms with Gasteiger partial charge in [0.25, 0.3) is 0 Å². The first kappa shape index (κ1) is 18.9. The van der Waals surface area contributed by atoms with E-state index in [1.165, 1.54) is 6.21 Å². The topological polar surface area (TPSA) is 82.1 Å². The Balaban J connectivity index is 1.88. The van der Waals surface area contributed by atoms with Crippen LogP contribution in [0.4, 0.5) is 5.69 Å². The molecule has 6 heteroatoms. The number of hydrogen-bond donors (Lipinski definition) is 3. The normalized spacial score (nSPS) is 11.5. The van der Waals surface area contributed by atoms with Crippen LogP contribution < -0.4 is 10.6 Å². The third-order valence-electron chi connectivity index (χ3n) is 3.76. The largest absolute Gasteiger partial charge is 0.349 e. The molecule has 25 heavy (non-hydrogen) atoms. The van der Waals surface area contributed by atoms with Crippen molar-refractivity contribution in [1.82, 2.24) is 5.32 Å². The van der Waals surface area contributed by atoms with Crippen molar-refractivity contribution in [2.75, 3.05) is 5.32 Å². The van der Waals surface area contributed by atoms with Crippen molar-refractivity contribution < 1.29 is 9.59 Å². The van der Waals surface area contributed by atoms with Crippen LogP contribution in [-0.2, 0) is 9.59 Å². The van der Waals surface area contributed by atoms with Crippen molar-refractivity contribution in [1.29, 1.82) is 5.41 Å². The monoisotopic (exact) mass is 401 g/mol. The lowest BCUT2D eigenvalue weighted by atomic mass is 10.1. The fourth-order valence-corrected chi connectivity index (χ4v) is 2.66. The molecule has 0 aromatic heterocycles. The molecule has 0 saturated carbocycles. The van der Waals surface area contributed by atoms with E-state index in [1.807, 2.05) is 32.0 Å². The number of anilines is 1. The summed E-state index contributed by atoms with van der Waals surface area (Å²) in [5.41, 5.74) is 3.43. The van der Waals surface area contributed by atoms with Gasteiger partial charge in [0, 0.05) is 16.4 Å². The summed E-state index contributed by atoms with van der Waals surface area (Å²) in [5.74, 6) is -0.713. The molecule has 2 rings (SSSR count). The average molecular weight is 402 g/mol. The number of halogens is 1. The van der Waals surface area contributed by atoms with Crippen LogP contribution in [0, 0.1) is 12.3 Å². The average Bonchev–Trinajstić information content (AvgIpc) is 2.57. The second-order valence-electron chi connectivity index (χ2n) is 5.79. The molecule has 0 bridgehead atoms. The van der Waals surface area contributed by atoms with Crippen molar-refractivity contribution in [3.8, 4) is 0 Å². The number of amides is 2. The Kier molecular flexibility index (Phi) is 6.47. The van der Waals surface area contributed by atoms with Crippen LogP contribution in [0.1, 0.15) is 36.1 Å². The molecule has 0 heterocycles. The summed E-state index contributed by atoms with van der Waals surface area (Å²) in [4.78, 5) is 24.0. The summed E-state index contributed by atoms with van der Waals surface area (Å²) < 4.78 is 0.984. The van der Waals surface area contributed by atoms with Gasteiger partial charge in [0.2, 0.25) is 11.8 Å². The predicted molar refractivity (Wildman–Crippen MR) is 103 cm³/mol. The van der Waals surface area contributed by atoms with Gasteiger partial charge < -0.3 is 16.0 Å². The van der Waals surface area contributed by atoms with Gasteiger partial charge in [0.15, 0.2) is 0 Å². The van der Waals surface area contributed by atoms with Crippen LogP contribution in [0.3, 0.4) is 0 Å². The molecule has 5 nitrogen and oxygen atoms in total. The quantitative estimate of drug-likeness (QED) is 0.505. The van der Waals surface area contributed by atoms with Crippen molar-refractivity contribution in [3.05, 3.63) is 63.6 Å². The highest BCUT2D eigenvalue weighted by Crippen LogP contribution is 2.21. The molecule has 2 aromatic rings. The van der Waals surface area contributed by atoms with Gasteiger partial charge in [-0.3, -0.25) is 9.59 Å². The Morgan fingerprint density at radius 2 is 1.84 bits per heavy atom. The van der Waals surface area contributed by atoms with Crippen molar-refractivity contribution in [2.24, 2.45) is 0 Å². The minimum absolute atomic E-state index is 0.191. The molecule has 2 aromatic carbocycles. The molecule has 1 atom stereocenters. The number of benzene rings is 2. The lowest BCUT2D eigenvalue weighted by molar-refractivity contribution is -0.127. The highest BCUT2D eigenvalue weighted by atomic mass is 79.9. The summed E-state index contributed by atoms with van der Waals surface area (Å²) in [5, 5.41) is 12.6. The Morgan fingerprint density at radius 1 is 1.16 bits per heavy atom. The molecule has 3 N–H and O–H groups in total. The molecule has 130 valence electrons. The first-order valence-corrected chi connectivity index (χ1v) is 8.64. The fourth-order valence-electron chi connectivity index (χ4n) is 2.27. The summed E-state index contributed by atoms with van der Waals surface area (Å²) >= 11 is 3.48. The summed E-state index contributed by atoms with van der Waals surface area (Å²) in [6.07, 6.45) is 0.980. The molecule has 1 unspecified atom stereocenters. The lowest BCUT2D eigenvalue weighted by Crippen LogP contribution is -2.30. The molecule has 0 aliphatic heterocycles. The summed E-state index contributed by atoms with van der Waals surface area (Å²) in [6, 6.07) is 12.5. The van der Waals surface area contributed by atoms with E-state index in [0.29, 0.717) is 5.69 Å². The zero-order chi connectivity index (χ0) is 18.4. The van der Waals surface area contributed by atoms with E-state index < -0.39 is 0 Å². The molecule has 0 saturated heterocycles. The minimum Gasteiger partial charge on any atom is -0.349 e. The fraction of sp³-hybridized carbons (Fsp3) is 0.211. The van der Waals surface area contributed by atoms with Gasteiger partial charge >= 0.3 is 0 Å². The Hall–Kier alpha value is -2.47. The van der Waals surface area contributed by atoms with E-state index in [1.54, 1.807) is 24.3 Å². The van der Waals surface area contributed by atoms with Crippen LogP contribution in [0.2, 0.25) is 0 Å². The lowest BCUT2D eigenvalue weighted by Gasteiger charge is -2.15. The van der Waals surface area contributed by atoms with Crippen LogP contribution in [0.25, 0.3) is 0 Å². The van der Waals surface area contributed by atoms with E-state index in [2.05, 4.69) is 26.6 Å². The number of carbonyl (C=O) groups is 2. The van der Waals surface area contributed by atoms with Crippen molar-refractivity contribution in [2.45, 2.75) is 26.3 Å². The Labute approximate surface area is 155 Å². The number of nitrogens with one attached hydrogen (secondary N) is 3. The molecule has 2 amide bonds. The minimum atomic E-state index is -0.377. The number of carbonyl (C=O) groups excluding carboxylic acids is 2. The first-order chi connectivity index (χ1) is 11.9. The van der Waals surface area contributed by atoms with Crippen LogP contribution in [-0.4, -0.2) is 18.0 Å². The van der Waals surface area contributed by atoms with Gasteiger partial charge in [-0.15, -0.1) is 0 Å². The van der Waals surface area contributed by atoms with Gasteiger partial charge in [0.1, 0.15) is 6.42 Å². The van der Waals surface area contributed by atoms with E-state index >= 15 is 0 Å². The second-order valence-corrected chi connectivity index (χ2v) is 6.64. The third-order valence-corrected chi connectivity index (χ3v) is 4.61. The maximum absolute atomic E-state index is 12.1. The van der Waals surface area contributed by atoms with Gasteiger partial charge in [-0.2, -0.15) is 0 Å². The number of aryl methyl sites for hydroxylation is 1. The van der Waals surface area contributed by atoms with Crippen LogP contribution in [0.5, 0.6) is 0 Å². The van der Waals surface area contributed by atoms with E-state index in [-0.39, 0.29) is 24.3 Å². The molecule has 0 spiro atoms. The van der Waals surface area contributed by atoms with Gasteiger partial charge in [-0.1, -0.05) is 40.2 Å². The van der Waals surface area contributed by atoms with Crippen LogP contribution in [0.15, 0.2) is 46.9 Å². The zero-order valence-electron chi connectivity index (χ0n) is 14.1. The summed E-state index contributed by atoms with van der Waals surface area (Å²) in [6.45, 7) is 3.87. The third kappa shape index (κ3) is 5.53. The molecule has 0 radical (unpaired) electrons. The smallest absolute Gasteiger partial charge is 0.233 e. The maximum Gasteiger partial charge on any atom is 0.233 e. The molecular formula is C19H20BrN3O2. The first-order valence-electron chi connectivity index (χ1n) is 7.85. The van der Waals surface area contributed by atoms with Gasteiger partial charge in [-0.05, 0) is 48.7 Å². The predicted octanol–water partition coefficient (Wildman–Crippen LogP) is 3.96. The molecule has 0 aliphatic carbocycles. The molecular weight excluding hydrogens is 382 g/mol. The van der Waals surface area contributed by atoms with Crippen LogP contribution >= 0.6 is 15.9 Å². The van der Waals surface area contributed by atoms with E-state index in [4.69, 9.17) is 5.41 Å². The highest BCUT2D eigenvalue weighted by Gasteiger charge is 2.14. The highest BCUT2D eigenvalue weighted by molar-refractivity contribution is 9.10. The van der Waals surface area contributed by atoms with E-state index in [9.17, 15) is 9.59 Å². The summed E-state index contributed by atoms with van der Waals surface area (Å²) in [7, 11) is 0. The standard InChI is InChI=1S/C19H20BrN3O2/c1-12-3-6-15(9-17(12)20)13(2)22-18(24)10-19(25)23-16-7-4-14(11-21)5-8-16/h3-9,11,13,21H,10H2,1-2H3,(H,22,24)(H,23,25). The van der Waals surface area contributed by atoms with Gasteiger partial charge in [0.05, 0.1) is 6.04 Å². The molecule has 0 fully saturated rings. The number of rotatable bonds is 6.